The molecule has 6 nitrogen and oxygen atoms in total. The van der Waals surface area contributed by atoms with E-state index < -0.39 is 5.91 Å². The molecule has 1 heterocycles. The quantitative estimate of drug-likeness (QED) is 0.598. The molecule has 0 fully saturated rings. The Morgan fingerprint density at radius 3 is 2.29 bits per heavy atom. The van der Waals surface area contributed by atoms with Gasteiger partial charge in [-0.05, 0) is 36.1 Å². The fourth-order valence-electron chi connectivity index (χ4n) is 2.54. The predicted molar refractivity (Wildman–Crippen MR) is 108 cm³/mol. The van der Waals surface area contributed by atoms with E-state index in [1.54, 1.807) is 18.2 Å². The number of para-hydroxylation sites is 2. The molecule has 0 aliphatic rings. The van der Waals surface area contributed by atoms with Crippen molar-refractivity contribution in [3.05, 3.63) is 70.9 Å². The third-order valence-corrected chi connectivity index (χ3v) is 4.69. The maximum Gasteiger partial charge on any atom is 0.280 e. The van der Waals surface area contributed by atoms with Crippen molar-refractivity contribution < 1.29 is 19.1 Å². The van der Waals surface area contributed by atoms with E-state index in [1.165, 1.54) is 11.3 Å². The fourth-order valence-corrected chi connectivity index (χ4v) is 3.35. The summed E-state index contributed by atoms with van der Waals surface area (Å²) in [4.78, 5) is 25.0. The van der Waals surface area contributed by atoms with Crippen LogP contribution in [-0.2, 0) is 4.79 Å². The fraction of sp³-hybridized carbons (Fsp3) is 0.143. The molecule has 0 aliphatic heterocycles. The van der Waals surface area contributed by atoms with Gasteiger partial charge < -0.3 is 9.47 Å². The lowest BCUT2D eigenvalue weighted by molar-refractivity contribution is -0.123. The Labute approximate surface area is 167 Å². The van der Waals surface area contributed by atoms with Crippen molar-refractivity contribution in [2.75, 3.05) is 13.2 Å². The molecule has 28 heavy (non-hydrogen) atoms. The summed E-state index contributed by atoms with van der Waals surface area (Å²) in [5, 5.41) is 1.84. The summed E-state index contributed by atoms with van der Waals surface area (Å²) in [6, 6.07) is 18.6. The van der Waals surface area contributed by atoms with E-state index in [0.29, 0.717) is 23.0 Å². The van der Waals surface area contributed by atoms with Crippen LogP contribution in [0.15, 0.2) is 66.0 Å². The molecule has 0 saturated carbocycles. The normalized spacial score (nSPS) is 10.2. The molecule has 0 aliphatic carbocycles. The first-order valence-electron chi connectivity index (χ1n) is 8.75. The van der Waals surface area contributed by atoms with Gasteiger partial charge in [0, 0.05) is 5.56 Å². The minimum absolute atomic E-state index is 0.250. The molecule has 0 bridgehead atoms. The topological polar surface area (TPSA) is 76.7 Å². The van der Waals surface area contributed by atoms with Crippen molar-refractivity contribution in [2.45, 2.75) is 6.92 Å². The summed E-state index contributed by atoms with van der Waals surface area (Å²) in [6.07, 6.45) is 0. The number of carbonyl (C=O) groups is 2. The molecule has 7 heteroatoms. The van der Waals surface area contributed by atoms with Crippen LogP contribution >= 0.6 is 11.3 Å². The van der Waals surface area contributed by atoms with Crippen LogP contribution in [0.5, 0.6) is 11.5 Å². The number of hydrogen-bond donors (Lipinski definition) is 2. The van der Waals surface area contributed by atoms with E-state index in [-0.39, 0.29) is 12.5 Å². The second-order valence-corrected chi connectivity index (χ2v) is 6.62. The lowest BCUT2D eigenvalue weighted by Gasteiger charge is -2.12. The van der Waals surface area contributed by atoms with Gasteiger partial charge in [-0.2, -0.15) is 0 Å². The summed E-state index contributed by atoms with van der Waals surface area (Å²) < 4.78 is 10.9. The van der Waals surface area contributed by atoms with Gasteiger partial charge in [0.05, 0.1) is 6.61 Å². The van der Waals surface area contributed by atoms with Gasteiger partial charge in [-0.1, -0.05) is 42.5 Å². The average Bonchev–Trinajstić information content (AvgIpc) is 3.22. The van der Waals surface area contributed by atoms with Crippen LogP contribution in [0.1, 0.15) is 16.6 Å². The van der Waals surface area contributed by atoms with E-state index in [9.17, 15) is 9.59 Å². The van der Waals surface area contributed by atoms with Crippen LogP contribution in [0.4, 0.5) is 0 Å². The maximum atomic E-state index is 12.4. The summed E-state index contributed by atoms with van der Waals surface area (Å²) in [5.41, 5.74) is 6.56. The smallest absolute Gasteiger partial charge is 0.280 e. The number of benzene rings is 2. The van der Waals surface area contributed by atoms with Gasteiger partial charge in [0.15, 0.2) is 18.1 Å². The van der Waals surface area contributed by atoms with Crippen molar-refractivity contribution in [3.8, 4) is 22.6 Å². The van der Waals surface area contributed by atoms with Gasteiger partial charge in [0.1, 0.15) is 4.88 Å². The van der Waals surface area contributed by atoms with E-state index >= 15 is 0 Å². The number of ether oxygens (including phenoxy) is 2. The van der Waals surface area contributed by atoms with Crippen molar-refractivity contribution in [3.63, 3.8) is 0 Å². The van der Waals surface area contributed by atoms with Crippen LogP contribution in [0.25, 0.3) is 11.1 Å². The van der Waals surface area contributed by atoms with Crippen LogP contribution in [0.2, 0.25) is 0 Å². The van der Waals surface area contributed by atoms with E-state index in [2.05, 4.69) is 10.9 Å². The summed E-state index contributed by atoms with van der Waals surface area (Å²) in [5.74, 6) is 0.178. The molecule has 0 unspecified atom stereocenters. The monoisotopic (exact) mass is 396 g/mol. The van der Waals surface area contributed by atoms with Gasteiger partial charge in [-0.15, -0.1) is 11.3 Å². The Morgan fingerprint density at radius 1 is 0.893 bits per heavy atom. The highest BCUT2D eigenvalue weighted by Gasteiger charge is 2.15. The molecule has 3 rings (SSSR count). The molecule has 0 radical (unpaired) electrons. The molecule has 0 saturated heterocycles. The molecule has 2 aromatic carbocycles. The summed E-state index contributed by atoms with van der Waals surface area (Å²) >= 11 is 1.31. The zero-order valence-corrected chi connectivity index (χ0v) is 16.1. The van der Waals surface area contributed by atoms with E-state index in [0.717, 1.165) is 11.1 Å². The van der Waals surface area contributed by atoms with Gasteiger partial charge in [-0.25, -0.2) is 0 Å². The Balaban J connectivity index is 1.55. The van der Waals surface area contributed by atoms with Crippen molar-refractivity contribution in [1.29, 1.82) is 0 Å². The van der Waals surface area contributed by atoms with E-state index in [1.807, 2.05) is 54.8 Å². The summed E-state index contributed by atoms with van der Waals surface area (Å²) in [7, 11) is 0. The standard InChI is InChI=1S/C21H20N2O4S/c1-2-26-17-10-6-7-11-18(17)27-14-19(24)22-23-21(25)20-16(12-13-28-20)15-8-4-3-5-9-15/h3-13H,2,14H2,1H3,(H,22,24)(H,23,25). The van der Waals surface area contributed by atoms with Crippen molar-refractivity contribution in [1.82, 2.24) is 10.9 Å². The number of thiophene rings is 1. The summed E-state index contributed by atoms with van der Waals surface area (Å²) in [6.45, 7) is 2.11. The average molecular weight is 396 g/mol. The molecule has 3 aromatic rings. The van der Waals surface area contributed by atoms with Crippen molar-refractivity contribution >= 4 is 23.2 Å². The van der Waals surface area contributed by atoms with Gasteiger partial charge in [0.25, 0.3) is 11.8 Å². The van der Waals surface area contributed by atoms with Gasteiger partial charge in [-0.3, -0.25) is 20.4 Å². The highest BCUT2D eigenvalue weighted by molar-refractivity contribution is 7.12. The zero-order chi connectivity index (χ0) is 19.8. The number of amides is 2. The Bertz CT molecular complexity index is 940. The second-order valence-electron chi connectivity index (χ2n) is 5.70. The number of nitrogens with one attached hydrogen (secondary N) is 2. The molecule has 144 valence electrons. The molecule has 2 amide bonds. The molecular formula is C21H20N2O4S. The van der Waals surface area contributed by atoms with Crippen LogP contribution in [0.3, 0.4) is 0 Å². The highest BCUT2D eigenvalue weighted by Crippen LogP contribution is 2.28. The number of hydrogen-bond acceptors (Lipinski definition) is 5. The third kappa shape index (κ3) is 4.89. The van der Waals surface area contributed by atoms with Gasteiger partial charge >= 0.3 is 0 Å². The minimum atomic E-state index is -0.475. The lowest BCUT2D eigenvalue weighted by atomic mass is 10.1. The van der Waals surface area contributed by atoms with Crippen LogP contribution in [0, 0.1) is 0 Å². The van der Waals surface area contributed by atoms with Gasteiger partial charge in [0.2, 0.25) is 0 Å². The zero-order valence-electron chi connectivity index (χ0n) is 15.3. The first kappa shape index (κ1) is 19.4. The SMILES string of the molecule is CCOc1ccccc1OCC(=O)NNC(=O)c1sccc1-c1ccccc1. The molecule has 0 spiro atoms. The number of carbonyl (C=O) groups excluding carboxylic acids is 2. The molecule has 1 aromatic heterocycles. The molecule has 2 N–H and O–H groups in total. The van der Waals surface area contributed by atoms with Crippen molar-refractivity contribution in [2.24, 2.45) is 0 Å². The Kier molecular flexibility index (Phi) is 6.64. The van der Waals surface area contributed by atoms with Crippen LogP contribution < -0.4 is 20.3 Å². The molecule has 0 atom stereocenters. The van der Waals surface area contributed by atoms with E-state index in [4.69, 9.17) is 9.47 Å². The number of hydrazine groups is 1. The predicted octanol–water partition coefficient (Wildman–Crippen LogP) is 3.65. The first-order valence-corrected chi connectivity index (χ1v) is 9.63. The minimum Gasteiger partial charge on any atom is -0.490 e. The first-order chi connectivity index (χ1) is 13.7. The Hall–Kier alpha value is -3.32. The molecular weight excluding hydrogens is 376 g/mol. The highest BCUT2D eigenvalue weighted by atomic mass is 32.1. The second kappa shape index (κ2) is 9.57. The Morgan fingerprint density at radius 2 is 1.57 bits per heavy atom. The number of rotatable bonds is 7. The third-order valence-electron chi connectivity index (χ3n) is 3.78. The largest absolute Gasteiger partial charge is 0.490 e. The lowest BCUT2D eigenvalue weighted by Crippen LogP contribution is -2.43. The maximum absolute atomic E-state index is 12.4. The van der Waals surface area contributed by atoms with Crippen LogP contribution in [-0.4, -0.2) is 25.0 Å².